The molecule has 3 aromatic rings. The largest absolute Gasteiger partial charge is 0.466 e. The van der Waals surface area contributed by atoms with Crippen LogP contribution in [-0.4, -0.2) is 22.5 Å². The van der Waals surface area contributed by atoms with Crippen molar-refractivity contribution in [2.45, 2.75) is 13.3 Å². The van der Waals surface area contributed by atoms with Crippen molar-refractivity contribution in [1.29, 1.82) is 0 Å². The molecule has 4 nitrogen and oxygen atoms in total. The van der Waals surface area contributed by atoms with E-state index >= 15 is 0 Å². The molecule has 0 saturated heterocycles. The Balaban J connectivity index is 1.93. The van der Waals surface area contributed by atoms with Crippen LogP contribution in [0.4, 0.5) is 0 Å². The first kappa shape index (κ1) is 13.7. The number of hydrogen-bond donors (Lipinski definition) is 0. The second-order valence-corrected chi connectivity index (χ2v) is 5.39. The topological polar surface area (TPSA) is 52.1 Å². The van der Waals surface area contributed by atoms with Crippen LogP contribution in [-0.2, 0) is 16.0 Å². The molecule has 0 N–H and O–H groups in total. The Morgan fingerprint density at radius 1 is 1.29 bits per heavy atom. The summed E-state index contributed by atoms with van der Waals surface area (Å²) in [5.41, 5.74) is 1.73. The number of ether oxygens (including phenoxy) is 1. The van der Waals surface area contributed by atoms with E-state index in [0.29, 0.717) is 6.61 Å². The fraction of sp³-hybridized carbons (Fsp3) is 0.188. The Bertz CT molecular complexity index is 777. The van der Waals surface area contributed by atoms with Gasteiger partial charge in [0.25, 0.3) is 0 Å². The lowest BCUT2D eigenvalue weighted by Gasteiger charge is -2.02. The molecule has 5 heteroatoms. The molecule has 0 amide bonds. The molecule has 0 atom stereocenters. The molecule has 0 aliphatic rings. The van der Waals surface area contributed by atoms with E-state index in [2.05, 4.69) is 16.0 Å². The molecular formula is C16H14N2O2S. The first-order chi connectivity index (χ1) is 10.3. The number of pyridine rings is 1. The summed E-state index contributed by atoms with van der Waals surface area (Å²) in [6.45, 7) is 2.19. The number of aromatic nitrogens is 2. The molecule has 0 fully saturated rings. The molecule has 2 aromatic heterocycles. The highest BCUT2D eigenvalue weighted by molar-refractivity contribution is 7.13. The first-order valence-electron chi connectivity index (χ1n) is 6.71. The van der Waals surface area contributed by atoms with Gasteiger partial charge in [-0.15, -0.1) is 11.3 Å². The molecular weight excluding hydrogens is 284 g/mol. The summed E-state index contributed by atoms with van der Waals surface area (Å²) in [7, 11) is 0. The highest BCUT2D eigenvalue weighted by atomic mass is 32.1. The lowest BCUT2D eigenvalue weighted by molar-refractivity contribution is -0.142. The molecule has 0 spiro atoms. The Morgan fingerprint density at radius 2 is 2.14 bits per heavy atom. The molecule has 0 unspecified atom stereocenters. The van der Waals surface area contributed by atoms with Crippen molar-refractivity contribution < 1.29 is 9.53 Å². The third-order valence-corrected chi connectivity index (χ3v) is 4.01. The highest BCUT2D eigenvalue weighted by Gasteiger charge is 2.11. The summed E-state index contributed by atoms with van der Waals surface area (Å²) in [5, 5.41) is 4.97. The lowest BCUT2D eigenvalue weighted by atomic mass is 10.1. The minimum atomic E-state index is -0.245. The van der Waals surface area contributed by atoms with Crippen molar-refractivity contribution >= 4 is 28.1 Å². The molecule has 21 heavy (non-hydrogen) atoms. The van der Waals surface area contributed by atoms with E-state index in [1.165, 1.54) is 11.3 Å². The van der Waals surface area contributed by atoms with Crippen molar-refractivity contribution in [3.8, 4) is 10.6 Å². The average Bonchev–Trinajstić information content (AvgIpc) is 2.95. The van der Waals surface area contributed by atoms with Gasteiger partial charge in [-0.1, -0.05) is 24.3 Å². The van der Waals surface area contributed by atoms with Crippen LogP contribution >= 0.6 is 11.3 Å². The normalized spacial score (nSPS) is 10.7. The monoisotopic (exact) mass is 298 g/mol. The van der Waals surface area contributed by atoms with Crippen molar-refractivity contribution in [2.75, 3.05) is 6.61 Å². The number of esters is 1. The summed E-state index contributed by atoms with van der Waals surface area (Å²) in [6, 6.07) is 8.07. The molecule has 0 aliphatic heterocycles. The van der Waals surface area contributed by atoms with Gasteiger partial charge in [0.05, 0.1) is 18.7 Å². The zero-order valence-electron chi connectivity index (χ0n) is 11.6. The molecule has 0 saturated carbocycles. The maximum Gasteiger partial charge on any atom is 0.311 e. The maximum absolute atomic E-state index is 11.5. The molecule has 106 valence electrons. The van der Waals surface area contributed by atoms with E-state index in [1.807, 2.05) is 36.0 Å². The SMILES string of the molecule is CCOC(=O)Cc1csc(-c2cncc3ccccc23)n1. The summed E-state index contributed by atoms with van der Waals surface area (Å²) < 4.78 is 4.94. The first-order valence-corrected chi connectivity index (χ1v) is 7.59. The Hall–Kier alpha value is -2.27. The summed E-state index contributed by atoms with van der Waals surface area (Å²) in [6.07, 6.45) is 3.86. The molecule has 0 aliphatic carbocycles. The third-order valence-electron chi connectivity index (χ3n) is 3.08. The fourth-order valence-electron chi connectivity index (χ4n) is 2.16. The van der Waals surface area contributed by atoms with Crippen LogP contribution in [0.5, 0.6) is 0 Å². The van der Waals surface area contributed by atoms with Gasteiger partial charge in [0, 0.05) is 28.7 Å². The van der Waals surface area contributed by atoms with Crippen molar-refractivity contribution in [1.82, 2.24) is 9.97 Å². The Morgan fingerprint density at radius 3 is 3.00 bits per heavy atom. The standard InChI is InChI=1S/C16H14N2O2S/c1-2-20-15(19)7-12-10-21-16(18-12)14-9-17-8-11-5-3-4-6-13(11)14/h3-6,8-10H,2,7H2,1H3. The summed E-state index contributed by atoms with van der Waals surface area (Å²) in [5.74, 6) is -0.245. The number of fused-ring (bicyclic) bond motifs is 1. The van der Waals surface area contributed by atoms with Crippen LogP contribution in [0.1, 0.15) is 12.6 Å². The van der Waals surface area contributed by atoms with Gasteiger partial charge in [-0.3, -0.25) is 9.78 Å². The van der Waals surface area contributed by atoms with E-state index < -0.39 is 0 Å². The minimum absolute atomic E-state index is 0.211. The van der Waals surface area contributed by atoms with Crippen LogP contribution in [0.2, 0.25) is 0 Å². The summed E-state index contributed by atoms with van der Waals surface area (Å²) in [4.78, 5) is 20.3. The van der Waals surface area contributed by atoms with Crippen LogP contribution in [0, 0.1) is 0 Å². The van der Waals surface area contributed by atoms with Gasteiger partial charge in [0.2, 0.25) is 0 Å². The van der Waals surface area contributed by atoms with Crippen LogP contribution < -0.4 is 0 Å². The van der Waals surface area contributed by atoms with Crippen molar-refractivity contribution in [2.24, 2.45) is 0 Å². The maximum atomic E-state index is 11.5. The van der Waals surface area contributed by atoms with Gasteiger partial charge in [0.1, 0.15) is 5.01 Å². The Labute approximate surface area is 126 Å². The number of rotatable bonds is 4. The molecule has 3 rings (SSSR count). The highest BCUT2D eigenvalue weighted by Crippen LogP contribution is 2.30. The third kappa shape index (κ3) is 2.92. The van der Waals surface area contributed by atoms with Gasteiger partial charge in [0.15, 0.2) is 0 Å². The quantitative estimate of drug-likeness (QED) is 0.692. The predicted molar refractivity (Wildman–Crippen MR) is 83.2 cm³/mol. The van der Waals surface area contributed by atoms with Gasteiger partial charge in [-0.2, -0.15) is 0 Å². The molecule has 2 heterocycles. The van der Waals surface area contributed by atoms with E-state index in [9.17, 15) is 4.79 Å². The zero-order valence-corrected chi connectivity index (χ0v) is 12.4. The van der Waals surface area contributed by atoms with Gasteiger partial charge in [-0.05, 0) is 12.3 Å². The second kappa shape index (κ2) is 6.01. The van der Waals surface area contributed by atoms with E-state index in [-0.39, 0.29) is 12.4 Å². The number of carbonyl (C=O) groups is 1. The number of carbonyl (C=O) groups excluding carboxylic acids is 1. The average molecular weight is 298 g/mol. The van der Waals surface area contributed by atoms with Crippen LogP contribution in [0.25, 0.3) is 21.3 Å². The number of hydrogen-bond acceptors (Lipinski definition) is 5. The van der Waals surface area contributed by atoms with E-state index in [4.69, 9.17) is 4.74 Å². The fourth-order valence-corrected chi connectivity index (χ4v) is 3.00. The minimum Gasteiger partial charge on any atom is -0.466 e. The van der Waals surface area contributed by atoms with Gasteiger partial charge < -0.3 is 4.74 Å². The zero-order chi connectivity index (χ0) is 14.7. The van der Waals surface area contributed by atoms with Gasteiger partial charge in [-0.25, -0.2) is 4.98 Å². The molecule has 1 aromatic carbocycles. The van der Waals surface area contributed by atoms with Crippen LogP contribution in [0.15, 0.2) is 42.0 Å². The van der Waals surface area contributed by atoms with E-state index in [0.717, 1.165) is 27.0 Å². The molecule has 0 radical (unpaired) electrons. The van der Waals surface area contributed by atoms with Gasteiger partial charge >= 0.3 is 5.97 Å². The molecule has 0 bridgehead atoms. The Kier molecular flexibility index (Phi) is 3.92. The van der Waals surface area contributed by atoms with Crippen molar-refractivity contribution in [3.05, 3.63) is 47.7 Å². The summed E-state index contributed by atoms with van der Waals surface area (Å²) >= 11 is 1.52. The lowest BCUT2D eigenvalue weighted by Crippen LogP contribution is -2.07. The number of benzene rings is 1. The van der Waals surface area contributed by atoms with E-state index in [1.54, 1.807) is 6.92 Å². The van der Waals surface area contributed by atoms with Crippen LogP contribution in [0.3, 0.4) is 0 Å². The number of thiazole rings is 1. The smallest absolute Gasteiger partial charge is 0.311 e. The number of nitrogens with zero attached hydrogens (tertiary/aromatic N) is 2. The van der Waals surface area contributed by atoms with Crippen molar-refractivity contribution in [3.63, 3.8) is 0 Å². The predicted octanol–water partition coefficient (Wildman–Crippen LogP) is 3.46. The second-order valence-electron chi connectivity index (χ2n) is 4.53.